The summed E-state index contributed by atoms with van der Waals surface area (Å²) < 4.78 is 0. The highest BCUT2D eigenvalue weighted by molar-refractivity contribution is 6.02. The number of benzene rings is 2. The Morgan fingerprint density at radius 2 is 1.89 bits per heavy atom. The number of phenolic OH excluding ortho intramolecular Hbond substituents is 2. The minimum Gasteiger partial charge on any atom is -0.508 e. The van der Waals surface area contributed by atoms with Crippen molar-refractivity contribution in [3.63, 3.8) is 0 Å². The number of hydrogen-bond acceptors (Lipinski definition) is 5. The molecule has 1 atom stereocenters. The molecule has 0 radical (unpaired) electrons. The van der Waals surface area contributed by atoms with Crippen molar-refractivity contribution in [1.82, 2.24) is 10.2 Å². The molecule has 0 bridgehead atoms. The number of likely N-dealkylation sites (tertiary alicyclic amines) is 1. The Morgan fingerprint density at radius 1 is 1.14 bits per heavy atom. The van der Waals surface area contributed by atoms with Crippen LogP contribution in [-0.4, -0.2) is 45.5 Å². The van der Waals surface area contributed by atoms with Gasteiger partial charge in [-0.3, -0.25) is 15.1 Å². The topological polar surface area (TPSA) is 85.2 Å². The molecular formula is C22H25N3O3. The van der Waals surface area contributed by atoms with Gasteiger partial charge in [0.25, 0.3) is 0 Å². The third kappa shape index (κ3) is 3.60. The molecule has 0 unspecified atom stereocenters. The largest absolute Gasteiger partial charge is 0.508 e. The molecule has 6 heteroatoms. The van der Waals surface area contributed by atoms with E-state index < -0.39 is 5.66 Å². The van der Waals surface area contributed by atoms with E-state index in [0.717, 1.165) is 16.8 Å². The first kappa shape index (κ1) is 18.5. The first-order chi connectivity index (χ1) is 13.5. The van der Waals surface area contributed by atoms with Gasteiger partial charge in [-0.25, -0.2) is 0 Å². The van der Waals surface area contributed by atoms with E-state index in [2.05, 4.69) is 5.32 Å². The Hall–Kier alpha value is -2.86. The number of hydrogen-bond donors (Lipinski definition) is 3. The Kier molecular flexibility index (Phi) is 4.81. The fourth-order valence-electron chi connectivity index (χ4n) is 4.19. The predicted octanol–water partition coefficient (Wildman–Crippen LogP) is 2.96. The molecule has 2 aliphatic heterocycles. The lowest BCUT2D eigenvalue weighted by Gasteiger charge is -2.45. The Balaban J connectivity index is 1.71. The lowest BCUT2D eigenvalue weighted by atomic mass is 9.87. The van der Waals surface area contributed by atoms with Gasteiger partial charge in [0, 0.05) is 56.6 Å². The molecule has 2 heterocycles. The van der Waals surface area contributed by atoms with Crippen LogP contribution in [0.1, 0.15) is 43.4 Å². The van der Waals surface area contributed by atoms with Crippen LogP contribution in [0.2, 0.25) is 0 Å². The van der Waals surface area contributed by atoms with E-state index in [-0.39, 0.29) is 23.4 Å². The number of aliphatic imine (C=N–C) groups is 1. The van der Waals surface area contributed by atoms with Gasteiger partial charge < -0.3 is 15.1 Å². The van der Waals surface area contributed by atoms with Gasteiger partial charge in [0.2, 0.25) is 5.91 Å². The van der Waals surface area contributed by atoms with Crippen LogP contribution >= 0.6 is 0 Å². The summed E-state index contributed by atoms with van der Waals surface area (Å²) in [4.78, 5) is 18.6. The Labute approximate surface area is 164 Å². The summed E-state index contributed by atoms with van der Waals surface area (Å²) in [7, 11) is 0. The average Bonchev–Trinajstić information content (AvgIpc) is 2.68. The van der Waals surface area contributed by atoms with E-state index in [0.29, 0.717) is 32.4 Å². The van der Waals surface area contributed by atoms with Crippen LogP contribution in [-0.2, 0) is 4.79 Å². The predicted molar refractivity (Wildman–Crippen MR) is 107 cm³/mol. The smallest absolute Gasteiger partial charge is 0.219 e. The molecule has 1 fully saturated rings. The first-order valence-corrected chi connectivity index (χ1v) is 9.65. The first-order valence-electron chi connectivity index (χ1n) is 9.65. The number of carbonyl (C=O) groups is 1. The van der Waals surface area contributed by atoms with Crippen LogP contribution in [0.15, 0.2) is 53.5 Å². The Morgan fingerprint density at radius 3 is 2.57 bits per heavy atom. The zero-order valence-electron chi connectivity index (χ0n) is 15.9. The zero-order valence-corrected chi connectivity index (χ0v) is 15.9. The summed E-state index contributed by atoms with van der Waals surface area (Å²) in [6.07, 6.45) is 2.02. The van der Waals surface area contributed by atoms with Gasteiger partial charge in [0.05, 0.1) is 0 Å². The molecular weight excluding hydrogens is 354 g/mol. The maximum Gasteiger partial charge on any atom is 0.219 e. The standard InChI is InChI=1S/C22H25N3O3/c1-15(26)25-11-9-22(10-12-25)23-19(16-5-4-6-17(27)13-16)14-20(24-22)18-7-2-3-8-21(18)28/h2-8,13,20,24,27-28H,9-12,14H2,1H3/t20-/m1/s1. The summed E-state index contributed by atoms with van der Waals surface area (Å²) in [5, 5.41) is 24.0. The molecule has 1 amide bonds. The SMILES string of the molecule is CC(=O)N1CCC2(CC1)N=C(c1cccc(O)c1)C[C@H](c1ccccc1O)N2. The molecule has 6 nitrogen and oxygen atoms in total. The molecule has 1 spiro atoms. The molecule has 0 aromatic heterocycles. The normalized spacial score (nSPS) is 21.4. The fourth-order valence-corrected chi connectivity index (χ4v) is 4.19. The maximum absolute atomic E-state index is 11.7. The van der Waals surface area contributed by atoms with Crippen LogP contribution < -0.4 is 5.32 Å². The van der Waals surface area contributed by atoms with Crippen molar-refractivity contribution < 1.29 is 15.0 Å². The quantitative estimate of drug-likeness (QED) is 0.749. The van der Waals surface area contributed by atoms with Crippen molar-refractivity contribution in [2.75, 3.05) is 13.1 Å². The third-order valence-electron chi connectivity index (χ3n) is 5.72. The number of rotatable bonds is 2. The highest BCUT2D eigenvalue weighted by Crippen LogP contribution is 2.37. The molecule has 4 rings (SSSR count). The third-order valence-corrected chi connectivity index (χ3v) is 5.72. The van der Waals surface area contributed by atoms with E-state index in [1.807, 2.05) is 35.2 Å². The lowest BCUT2D eigenvalue weighted by molar-refractivity contribution is -0.130. The van der Waals surface area contributed by atoms with E-state index >= 15 is 0 Å². The molecule has 0 saturated carbocycles. The summed E-state index contributed by atoms with van der Waals surface area (Å²) >= 11 is 0. The number of aromatic hydroxyl groups is 2. The number of phenols is 2. The second-order valence-electron chi connectivity index (χ2n) is 7.61. The van der Waals surface area contributed by atoms with Crippen LogP contribution in [0, 0.1) is 0 Å². The number of carbonyl (C=O) groups excluding carboxylic acids is 1. The molecule has 146 valence electrons. The molecule has 3 N–H and O–H groups in total. The zero-order chi connectivity index (χ0) is 19.7. The highest BCUT2D eigenvalue weighted by Gasteiger charge is 2.41. The van der Waals surface area contributed by atoms with Crippen LogP contribution in [0.4, 0.5) is 0 Å². The second-order valence-corrected chi connectivity index (χ2v) is 7.61. The van der Waals surface area contributed by atoms with Gasteiger partial charge in [-0.05, 0) is 23.8 Å². The second kappa shape index (κ2) is 7.28. The summed E-state index contributed by atoms with van der Waals surface area (Å²) in [6, 6.07) is 14.4. The van der Waals surface area contributed by atoms with Crippen LogP contribution in [0.25, 0.3) is 0 Å². The van der Waals surface area contributed by atoms with Crippen LogP contribution in [0.5, 0.6) is 11.5 Å². The molecule has 2 aromatic rings. The monoisotopic (exact) mass is 379 g/mol. The Bertz CT molecular complexity index is 917. The maximum atomic E-state index is 11.7. The van der Waals surface area contributed by atoms with Gasteiger partial charge in [-0.15, -0.1) is 0 Å². The van der Waals surface area contributed by atoms with Crippen LogP contribution in [0.3, 0.4) is 0 Å². The number of nitrogens with zero attached hydrogens (tertiary/aromatic N) is 2. The molecule has 2 aliphatic rings. The van der Waals surface area contributed by atoms with E-state index in [1.54, 1.807) is 25.1 Å². The number of para-hydroxylation sites is 1. The van der Waals surface area contributed by atoms with Crippen molar-refractivity contribution in [2.45, 2.75) is 37.9 Å². The van der Waals surface area contributed by atoms with Gasteiger partial charge >= 0.3 is 0 Å². The molecule has 1 saturated heterocycles. The average molecular weight is 379 g/mol. The van der Waals surface area contributed by atoms with E-state index in [4.69, 9.17) is 4.99 Å². The van der Waals surface area contributed by atoms with Gasteiger partial charge in [-0.1, -0.05) is 30.3 Å². The van der Waals surface area contributed by atoms with Crippen molar-refractivity contribution in [2.24, 2.45) is 4.99 Å². The minimum atomic E-state index is -0.488. The van der Waals surface area contributed by atoms with E-state index in [1.165, 1.54) is 0 Å². The van der Waals surface area contributed by atoms with E-state index in [9.17, 15) is 15.0 Å². The minimum absolute atomic E-state index is 0.0834. The summed E-state index contributed by atoms with van der Waals surface area (Å²) in [5.41, 5.74) is 2.13. The number of amides is 1. The molecule has 28 heavy (non-hydrogen) atoms. The molecule has 0 aliphatic carbocycles. The van der Waals surface area contributed by atoms with Gasteiger partial charge in [0.15, 0.2) is 0 Å². The summed E-state index contributed by atoms with van der Waals surface area (Å²) in [5.74, 6) is 0.548. The number of nitrogens with one attached hydrogen (secondary N) is 1. The van der Waals surface area contributed by atoms with Crippen molar-refractivity contribution in [3.05, 3.63) is 59.7 Å². The summed E-state index contributed by atoms with van der Waals surface area (Å²) in [6.45, 7) is 2.89. The highest BCUT2D eigenvalue weighted by atomic mass is 16.3. The van der Waals surface area contributed by atoms with Gasteiger partial charge in [0.1, 0.15) is 17.2 Å². The molecule has 2 aromatic carbocycles. The van der Waals surface area contributed by atoms with Gasteiger partial charge in [-0.2, -0.15) is 0 Å². The lowest BCUT2D eigenvalue weighted by Crippen LogP contribution is -2.56. The van der Waals surface area contributed by atoms with Crippen molar-refractivity contribution in [1.29, 1.82) is 0 Å². The van der Waals surface area contributed by atoms with Crippen molar-refractivity contribution in [3.8, 4) is 11.5 Å². The van der Waals surface area contributed by atoms with Crippen molar-refractivity contribution >= 4 is 11.6 Å². The fraction of sp³-hybridized carbons (Fsp3) is 0.364. The number of piperidine rings is 1.